The fourth-order valence-corrected chi connectivity index (χ4v) is 4.90. The molecule has 6 rings (SSSR count). The van der Waals surface area contributed by atoms with Gasteiger partial charge in [-0.2, -0.15) is 0 Å². The number of amides is 2. The van der Waals surface area contributed by atoms with Crippen LogP contribution in [0.15, 0.2) is 102 Å². The standard InChI is InChI=1S/C32H25ClN6O3/c1-39(27(40)18-33)22-14-11-20(12-15-22)34-29(19-7-3-2-4-8-19)28-23-16-13-21(17-26(23)38-31(28)41)35-32(42)30-36-24-9-5-6-10-25(24)37-30/h2-17,38,41H,18H2,1H3,(H,35,42)(H,36,37). The van der Waals surface area contributed by atoms with Crippen molar-refractivity contribution in [3.8, 4) is 5.88 Å². The lowest BCUT2D eigenvalue weighted by Crippen LogP contribution is -2.26. The van der Waals surface area contributed by atoms with Crippen molar-refractivity contribution in [2.75, 3.05) is 23.1 Å². The van der Waals surface area contributed by atoms with Gasteiger partial charge in [0, 0.05) is 29.4 Å². The van der Waals surface area contributed by atoms with Crippen molar-refractivity contribution in [3.05, 3.63) is 114 Å². The molecule has 0 aliphatic heterocycles. The molecule has 4 aromatic carbocycles. The van der Waals surface area contributed by atoms with Gasteiger partial charge in [-0.1, -0.05) is 42.5 Å². The predicted molar refractivity (Wildman–Crippen MR) is 166 cm³/mol. The Morgan fingerprint density at radius 2 is 1.67 bits per heavy atom. The smallest absolute Gasteiger partial charge is 0.291 e. The van der Waals surface area contributed by atoms with Crippen LogP contribution in [-0.4, -0.2) is 50.5 Å². The average Bonchev–Trinajstić information content (AvgIpc) is 3.60. The lowest BCUT2D eigenvalue weighted by atomic mass is 10.0. The van der Waals surface area contributed by atoms with Gasteiger partial charge >= 0.3 is 0 Å². The number of hydrogen-bond acceptors (Lipinski definition) is 5. The van der Waals surface area contributed by atoms with Crippen LogP contribution in [0.1, 0.15) is 21.7 Å². The Bertz CT molecular complexity index is 1930. The van der Waals surface area contributed by atoms with Crippen LogP contribution in [0, 0.1) is 0 Å². The monoisotopic (exact) mass is 576 g/mol. The van der Waals surface area contributed by atoms with E-state index >= 15 is 0 Å². The number of imidazole rings is 1. The van der Waals surface area contributed by atoms with Crippen molar-refractivity contribution in [2.45, 2.75) is 0 Å². The van der Waals surface area contributed by atoms with Crippen LogP contribution < -0.4 is 10.2 Å². The highest BCUT2D eigenvalue weighted by Gasteiger charge is 2.20. The van der Waals surface area contributed by atoms with E-state index in [2.05, 4.69) is 20.3 Å². The Labute approximate surface area is 245 Å². The van der Waals surface area contributed by atoms with Gasteiger partial charge in [0.25, 0.3) is 5.91 Å². The van der Waals surface area contributed by atoms with E-state index in [0.29, 0.717) is 39.4 Å². The second kappa shape index (κ2) is 11.2. The molecule has 2 heterocycles. The summed E-state index contributed by atoms with van der Waals surface area (Å²) in [6, 6.07) is 29.5. The highest BCUT2D eigenvalue weighted by atomic mass is 35.5. The zero-order valence-electron chi connectivity index (χ0n) is 22.4. The average molecular weight is 577 g/mol. The molecule has 2 amide bonds. The molecule has 0 fully saturated rings. The summed E-state index contributed by atoms with van der Waals surface area (Å²) < 4.78 is 0. The maximum atomic E-state index is 12.9. The maximum Gasteiger partial charge on any atom is 0.291 e. The lowest BCUT2D eigenvalue weighted by molar-refractivity contribution is -0.116. The van der Waals surface area contributed by atoms with Gasteiger partial charge in [0.1, 0.15) is 5.88 Å². The Morgan fingerprint density at radius 3 is 2.40 bits per heavy atom. The van der Waals surface area contributed by atoms with Crippen molar-refractivity contribution in [2.24, 2.45) is 4.99 Å². The van der Waals surface area contributed by atoms with E-state index in [1.54, 1.807) is 43.4 Å². The predicted octanol–water partition coefficient (Wildman–Crippen LogP) is 6.37. The van der Waals surface area contributed by atoms with E-state index in [4.69, 9.17) is 16.6 Å². The van der Waals surface area contributed by atoms with E-state index in [1.165, 1.54) is 4.90 Å². The minimum Gasteiger partial charge on any atom is -0.494 e. The third kappa shape index (κ3) is 5.21. The molecule has 0 aliphatic carbocycles. The number of aliphatic imine (C=N–C) groups is 1. The summed E-state index contributed by atoms with van der Waals surface area (Å²) >= 11 is 5.70. The maximum absolute atomic E-state index is 12.9. The fraction of sp³-hybridized carbons (Fsp3) is 0.0625. The van der Waals surface area contributed by atoms with E-state index in [9.17, 15) is 14.7 Å². The molecule has 0 atom stereocenters. The quantitative estimate of drug-likeness (QED) is 0.130. The van der Waals surface area contributed by atoms with Crippen molar-refractivity contribution in [1.29, 1.82) is 0 Å². The number of aromatic nitrogens is 3. The second-order valence-electron chi connectivity index (χ2n) is 9.59. The number of aromatic amines is 2. The fourth-order valence-electron chi connectivity index (χ4n) is 4.73. The molecule has 4 N–H and O–H groups in total. The number of anilines is 2. The van der Waals surface area contributed by atoms with Crippen LogP contribution in [0.3, 0.4) is 0 Å². The lowest BCUT2D eigenvalue weighted by Gasteiger charge is -2.16. The minimum atomic E-state index is -0.380. The number of nitrogens with one attached hydrogen (secondary N) is 3. The first-order chi connectivity index (χ1) is 20.4. The third-order valence-corrected chi connectivity index (χ3v) is 7.12. The number of halogens is 1. The molecule has 0 saturated heterocycles. The number of para-hydroxylation sites is 2. The number of fused-ring (bicyclic) bond motifs is 2. The van der Waals surface area contributed by atoms with Gasteiger partial charge in [-0.3, -0.25) is 9.59 Å². The summed E-state index contributed by atoms with van der Waals surface area (Å²) in [5, 5.41) is 14.7. The van der Waals surface area contributed by atoms with Gasteiger partial charge in [0.15, 0.2) is 11.7 Å². The Morgan fingerprint density at radius 1 is 0.929 bits per heavy atom. The summed E-state index contributed by atoms with van der Waals surface area (Å²) in [7, 11) is 1.66. The van der Waals surface area contributed by atoms with Gasteiger partial charge in [-0.05, 0) is 54.6 Å². The molecular weight excluding hydrogens is 552 g/mol. The normalized spacial score (nSPS) is 11.6. The molecule has 10 heteroatoms. The number of nitrogens with zero attached hydrogens (tertiary/aromatic N) is 3. The Kier molecular flexibility index (Phi) is 7.16. The SMILES string of the molecule is CN(C(=O)CCl)c1ccc(N=C(c2ccccc2)c2c(O)[nH]c3cc(NC(=O)c4nc5ccccc5[nH]4)ccc23)cc1. The summed E-state index contributed by atoms with van der Waals surface area (Å²) in [6.45, 7) is 0. The van der Waals surface area contributed by atoms with Gasteiger partial charge < -0.3 is 25.3 Å². The molecule has 9 nitrogen and oxygen atoms in total. The molecule has 0 aliphatic rings. The number of hydrogen-bond donors (Lipinski definition) is 4. The zero-order valence-corrected chi connectivity index (χ0v) is 23.2. The molecule has 208 valence electrons. The number of benzene rings is 4. The molecule has 0 spiro atoms. The summed E-state index contributed by atoms with van der Waals surface area (Å²) in [5.41, 5.74) is 5.82. The highest BCUT2D eigenvalue weighted by Crippen LogP contribution is 2.33. The number of alkyl halides is 1. The highest BCUT2D eigenvalue weighted by molar-refractivity contribution is 6.29. The molecule has 0 saturated carbocycles. The molecule has 0 unspecified atom stereocenters. The number of carbonyl (C=O) groups is 2. The Hall–Kier alpha value is -5.41. The van der Waals surface area contributed by atoms with Gasteiger partial charge in [-0.15, -0.1) is 11.6 Å². The van der Waals surface area contributed by atoms with Crippen LogP contribution >= 0.6 is 11.6 Å². The first-order valence-electron chi connectivity index (χ1n) is 13.1. The molecule has 2 aromatic heterocycles. The minimum absolute atomic E-state index is 0.0579. The van der Waals surface area contributed by atoms with Gasteiger partial charge in [0.2, 0.25) is 5.91 Å². The molecular formula is C32H25ClN6O3. The molecule has 6 aromatic rings. The first-order valence-corrected chi connectivity index (χ1v) is 13.6. The summed E-state index contributed by atoms with van der Waals surface area (Å²) in [6.07, 6.45) is 0. The number of H-pyrrole nitrogens is 2. The van der Waals surface area contributed by atoms with Gasteiger partial charge in [0.05, 0.1) is 33.5 Å². The summed E-state index contributed by atoms with van der Waals surface area (Å²) in [4.78, 5) is 41.7. The third-order valence-electron chi connectivity index (χ3n) is 6.89. The second-order valence-corrected chi connectivity index (χ2v) is 9.86. The number of aromatic hydroxyl groups is 1. The van der Waals surface area contributed by atoms with Crippen molar-refractivity contribution in [3.63, 3.8) is 0 Å². The van der Waals surface area contributed by atoms with E-state index in [1.807, 2.05) is 60.7 Å². The summed E-state index contributed by atoms with van der Waals surface area (Å²) in [5.74, 6) is -0.559. The molecule has 0 radical (unpaired) electrons. The number of rotatable bonds is 7. The van der Waals surface area contributed by atoms with Crippen molar-refractivity contribution in [1.82, 2.24) is 15.0 Å². The van der Waals surface area contributed by atoms with Crippen LogP contribution in [0.2, 0.25) is 0 Å². The molecule has 42 heavy (non-hydrogen) atoms. The van der Waals surface area contributed by atoms with Crippen LogP contribution in [-0.2, 0) is 4.79 Å². The van der Waals surface area contributed by atoms with Gasteiger partial charge in [-0.25, -0.2) is 9.98 Å². The van der Waals surface area contributed by atoms with E-state index in [0.717, 1.165) is 16.5 Å². The first kappa shape index (κ1) is 26.8. The van der Waals surface area contributed by atoms with E-state index < -0.39 is 0 Å². The topological polar surface area (TPSA) is 126 Å². The van der Waals surface area contributed by atoms with Crippen LogP contribution in [0.25, 0.3) is 21.9 Å². The largest absolute Gasteiger partial charge is 0.494 e. The zero-order chi connectivity index (χ0) is 29.2. The van der Waals surface area contributed by atoms with Crippen molar-refractivity contribution < 1.29 is 14.7 Å². The Balaban J connectivity index is 1.35. The van der Waals surface area contributed by atoms with Crippen LogP contribution in [0.4, 0.5) is 17.1 Å². The van der Waals surface area contributed by atoms with Crippen molar-refractivity contribution >= 4 is 68.1 Å². The van der Waals surface area contributed by atoms with E-state index in [-0.39, 0.29) is 29.4 Å². The number of carbonyl (C=O) groups excluding carboxylic acids is 2. The van der Waals surface area contributed by atoms with Crippen LogP contribution in [0.5, 0.6) is 5.88 Å². The molecule has 0 bridgehead atoms.